The Bertz CT molecular complexity index is 648. The molecule has 0 saturated heterocycles. The number of carbonyl (C=O) groups excluding carboxylic acids is 4. The van der Waals surface area contributed by atoms with E-state index >= 15 is 0 Å². The number of carbonyl (C=O) groups is 4. The summed E-state index contributed by atoms with van der Waals surface area (Å²) in [5.41, 5.74) is 0. The monoisotopic (exact) mass is 477 g/mol. The van der Waals surface area contributed by atoms with Gasteiger partial charge >= 0.3 is 0 Å². The van der Waals surface area contributed by atoms with Gasteiger partial charge in [-0.15, -0.1) is 0 Å². The molecule has 194 valence electrons. The first-order chi connectivity index (χ1) is 16.4. The summed E-state index contributed by atoms with van der Waals surface area (Å²) in [7, 11) is 0. The van der Waals surface area contributed by atoms with Crippen molar-refractivity contribution in [2.75, 3.05) is 6.54 Å². The molecule has 0 saturated carbocycles. The number of allylic oxidation sites excluding steroid dienone is 2. The van der Waals surface area contributed by atoms with E-state index in [1.165, 1.54) is 19.3 Å². The summed E-state index contributed by atoms with van der Waals surface area (Å²) >= 11 is 0. The SMILES string of the molecule is CCCCCCCC1CCC/C=C/CCCNC(=O)C[C@@H](C=O)NC(=O)[C@H](CC(C)C)NC1=O. The van der Waals surface area contributed by atoms with Gasteiger partial charge in [0.2, 0.25) is 17.7 Å². The van der Waals surface area contributed by atoms with Crippen LogP contribution in [0.15, 0.2) is 12.2 Å². The molecular formula is C27H47N3O4. The highest BCUT2D eigenvalue weighted by Crippen LogP contribution is 2.19. The Kier molecular flexibility index (Phi) is 16.0. The van der Waals surface area contributed by atoms with Crippen molar-refractivity contribution in [2.24, 2.45) is 11.8 Å². The van der Waals surface area contributed by atoms with Crippen molar-refractivity contribution in [3.63, 3.8) is 0 Å². The molecule has 1 aliphatic rings. The average Bonchev–Trinajstić information content (AvgIpc) is 2.79. The molecule has 0 spiro atoms. The molecule has 1 heterocycles. The molecule has 1 aliphatic heterocycles. The predicted molar refractivity (Wildman–Crippen MR) is 136 cm³/mol. The third kappa shape index (κ3) is 13.5. The molecule has 0 aromatic rings. The standard InChI is InChI=1S/C27H47N3O4/c1-4-5-6-9-12-15-22-16-13-10-7-8-11-14-17-28-25(32)19-23(20-31)29-27(34)24(18-21(2)3)30-26(22)33/h7-8,20-24H,4-6,9-19H2,1-3H3,(H,28,32)(H,29,34)(H,30,33)/b8-7+/t22?,23-,24-/m0/s1. The summed E-state index contributed by atoms with van der Waals surface area (Å²) in [6.45, 7) is 6.71. The van der Waals surface area contributed by atoms with Crippen molar-refractivity contribution in [1.29, 1.82) is 0 Å². The van der Waals surface area contributed by atoms with Gasteiger partial charge in [-0.2, -0.15) is 0 Å². The maximum absolute atomic E-state index is 13.2. The third-order valence-corrected chi connectivity index (χ3v) is 6.22. The van der Waals surface area contributed by atoms with E-state index in [0.29, 0.717) is 19.3 Å². The van der Waals surface area contributed by atoms with Gasteiger partial charge in [0.25, 0.3) is 0 Å². The van der Waals surface area contributed by atoms with Crippen LogP contribution in [-0.2, 0) is 19.2 Å². The summed E-state index contributed by atoms with van der Waals surface area (Å²) in [4.78, 5) is 49.9. The normalized spacial score (nSPS) is 24.9. The van der Waals surface area contributed by atoms with Gasteiger partial charge in [-0.3, -0.25) is 14.4 Å². The van der Waals surface area contributed by atoms with E-state index in [1.807, 2.05) is 13.8 Å². The van der Waals surface area contributed by atoms with Crippen molar-refractivity contribution in [1.82, 2.24) is 16.0 Å². The molecule has 0 fully saturated rings. The minimum absolute atomic E-state index is 0.0817. The van der Waals surface area contributed by atoms with Gasteiger partial charge in [0.15, 0.2) is 0 Å². The second-order valence-electron chi connectivity index (χ2n) is 9.94. The van der Waals surface area contributed by atoms with E-state index in [2.05, 4.69) is 35.0 Å². The van der Waals surface area contributed by atoms with Crippen LogP contribution in [-0.4, -0.2) is 42.6 Å². The molecule has 7 heteroatoms. The van der Waals surface area contributed by atoms with Crippen LogP contribution in [0.5, 0.6) is 0 Å². The number of aldehydes is 1. The Balaban J connectivity index is 2.94. The van der Waals surface area contributed by atoms with Gasteiger partial charge in [-0.1, -0.05) is 65.0 Å². The molecule has 1 unspecified atom stereocenters. The topological polar surface area (TPSA) is 104 Å². The lowest BCUT2D eigenvalue weighted by molar-refractivity contribution is -0.133. The maximum Gasteiger partial charge on any atom is 0.243 e. The largest absolute Gasteiger partial charge is 0.356 e. The molecule has 3 N–H and O–H groups in total. The predicted octanol–water partition coefficient (Wildman–Crippen LogP) is 4.20. The van der Waals surface area contributed by atoms with Crippen molar-refractivity contribution in [3.05, 3.63) is 12.2 Å². The molecular weight excluding hydrogens is 430 g/mol. The van der Waals surface area contributed by atoms with Crippen molar-refractivity contribution >= 4 is 24.0 Å². The summed E-state index contributed by atoms with van der Waals surface area (Å²) in [5.74, 6) is -0.692. The molecule has 3 atom stereocenters. The van der Waals surface area contributed by atoms with E-state index in [4.69, 9.17) is 0 Å². The average molecular weight is 478 g/mol. The van der Waals surface area contributed by atoms with Crippen LogP contribution >= 0.6 is 0 Å². The molecule has 0 radical (unpaired) electrons. The minimum atomic E-state index is -0.910. The van der Waals surface area contributed by atoms with Crippen LogP contribution in [0.3, 0.4) is 0 Å². The van der Waals surface area contributed by atoms with Crippen LogP contribution in [0, 0.1) is 11.8 Å². The lowest BCUT2D eigenvalue weighted by Gasteiger charge is -2.25. The molecule has 7 nitrogen and oxygen atoms in total. The zero-order valence-corrected chi connectivity index (χ0v) is 21.6. The van der Waals surface area contributed by atoms with E-state index in [9.17, 15) is 19.2 Å². The van der Waals surface area contributed by atoms with E-state index in [-0.39, 0.29) is 30.1 Å². The molecule has 0 aromatic carbocycles. The molecule has 3 amide bonds. The summed E-state index contributed by atoms with van der Waals surface area (Å²) < 4.78 is 0. The van der Waals surface area contributed by atoms with E-state index in [0.717, 1.165) is 51.4 Å². The van der Waals surface area contributed by atoms with Gasteiger partial charge in [0, 0.05) is 12.5 Å². The van der Waals surface area contributed by atoms with Gasteiger partial charge in [-0.25, -0.2) is 0 Å². The fraction of sp³-hybridized carbons (Fsp3) is 0.778. The number of amides is 3. The van der Waals surface area contributed by atoms with Crippen LogP contribution in [0.2, 0.25) is 0 Å². The molecule has 34 heavy (non-hydrogen) atoms. The van der Waals surface area contributed by atoms with Crippen LogP contribution < -0.4 is 16.0 Å². The highest BCUT2D eigenvalue weighted by Gasteiger charge is 2.28. The number of unbranched alkanes of at least 4 members (excludes halogenated alkanes) is 4. The third-order valence-electron chi connectivity index (χ3n) is 6.22. The number of hydrogen-bond acceptors (Lipinski definition) is 4. The summed E-state index contributed by atoms with van der Waals surface area (Å²) in [6.07, 6.45) is 16.1. The molecule has 0 aliphatic carbocycles. The first kappa shape index (κ1) is 29.9. The van der Waals surface area contributed by atoms with Crippen LogP contribution in [0.1, 0.15) is 104 Å². The summed E-state index contributed by atoms with van der Waals surface area (Å²) in [6, 6.07) is -1.63. The Labute approximate surface area is 206 Å². The quantitative estimate of drug-likeness (QED) is 0.263. The zero-order valence-electron chi connectivity index (χ0n) is 21.6. The second-order valence-corrected chi connectivity index (χ2v) is 9.94. The van der Waals surface area contributed by atoms with E-state index < -0.39 is 18.0 Å². The Morgan fingerprint density at radius 1 is 0.971 bits per heavy atom. The zero-order chi connectivity index (χ0) is 25.2. The van der Waals surface area contributed by atoms with Gasteiger partial charge < -0.3 is 20.7 Å². The minimum Gasteiger partial charge on any atom is -0.356 e. The highest BCUT2D eigenvalue weighted by atomic mass is 16.2. The first-order valence-corrected chi connectivity index (χ1v) is 13.3. The molecule has 0 aromatic heterocycles. The smallest absolute Gasteiger partial charge is 0.243 e. The highest BCUT2D eigenvalue weighted by molar-refractivity contribution is 5.91. The lowest BCUT2D eigenvalue weighted by atomic mass is 9.93. The van der Waals surface area contributed by atoms with Gasteiger partial charge in [-0.05, 0) is 50.9 Å². The summed E-state index contributed by atoms with van der Waals surface area (Å²) in [5, 5.41) is 8.44. The fourth-order valence-electron chi connectivity index (χ4n) is 4.25. The molecule has 1 rings (SSSR count). The Hall–Kier alpha value is -2.18. The molecule has 0 bridgehead atoms. The first-order valence-electron chi connectivity index (χ1n) is 13.3. The Morgan fingerprint density at radius 3 is 2.35 bits per heavy atom. The van der Waals surface area contributed by atoms with Crippen molar-refractivity contribution < 1.29 is 19.2 Å². The van der Waals surface area contributed by atoms with Crippen LogP contribution in [0.4, 0.5) is 0 Å². The Morgan fingerprint density at radius 2 is 1.68 bits per heavy atom. The van der Waals surface area contributed by atoms with Gasteiger partial charge in [0.05, 0.1) is 12.5 Å². The fourth-order valence-corrected chi connectivity index (χ4v) is 4.25. The van der Waals surface area contributed by atoms with E-state index in [1.54, 1.807) is 0 Å². The second kappa shape index (κ2) is 18.2. The number of rotatable bonds is 9. The lowest BCUT2D eigenvalue weighted by Crippen LogP contribution is -2.52. The van der Waals surface area contributed by atoms with Crippen LogP contribution in [0.25, 0.3) is 0 Å². The van der Waals surface area contributed by atoms with Gasteiger partial charge in [0.1, 0.15) is 12.3 Å². The van der Waals surface area contributed by atoms with Crippen molar-refractivity contribution in [3.8, 4) is 0 Å². The van der Waals surface area contributed by atoms with Crippen molar-refractivity contribution in [2.45, 2.75) is 116 Å². The maximum atomic E-state index is 13.2. The number of nitrogens with one attached hydrogen (secondary N) is 3. The number of hydrogen-bond donors (Lipinski definition) is 3.